The molecule has 0 fully saturated rings. The molecule has 0 spiro atoms. The molecule has 5 heteroatoms. The van der Waals surface area contributed by atoms with Crippen molar-refractivity contribution in [2.24, 2.45) is 5.92 Å². The van der Waals surface area contributed by atoms with Crippen molar-refractivity contribution in [3.8, 4) is 0 Å². The van der Waals surface area contributed by atoms with Crippen molar-refractivity contribution < 1.29 is 18.3 Å². The van der Waals surface area contributed by atoms with Crippen molar-refractivity contribution in [3.05, 3.63) is 35.4 Å². The van der Waals surface area contributed by atoms with Gasteiger partial charge in [-0.3, -0.25) is 0 Å². The van der Waals surface area contributed by atoms with E-state index in [0.717, 1.165) is 25.1 Å². The fraction of sp³-hybridized carbons (Fsp3) is 0.600. The van der Waals surface area contributed by atoms with Gasteiger partial charge in [-0.15, -0.1) is 0 Å². The lowest BCUT2D eigenvalue weighted by Gasteiger charge is -2.22. The molecule has 0 aliphatic carbocycles. The highest BCUT2D eigenvalue weighted by Gasteiger charge is 2.30. The predicted octanol–water partition coefficient (Wildman–Crippen LogP) is 3.72. The molecular formula is C15H22F3NO. The molecule has 2 nitrogen and oxygen atoms in total. The second-order valence-electron chi connectivity index (χ2n) is 5.58. The first kappa shape index (κ1) is 17.0. The summed E-state index contributed by atoms with van der Waals surface area (Å²) in [4.78, 5) is 1.94. The molecule has 0 saturated heterocycles. The Morgan fingerprint density at radius 1 is 1.25 bits per heavy atom. The van der Waals surface area contributed by atoms with E-state index in [1.165, 1.54) is 12.1 Å². The van der Waals surface area contributed by atoms with Crippen LogP contribution in [0.2, 0.25) is 0 Å². The minimum absolute atomic E-state index is 0.302. The Balaban J connectivity index is 2.65. The summed E-state index contributed by atoms with van der Waals surface area (Å²) in [5, 5.41) is 10.0. The van der Waals surface area contributed by atoms with Crippen LogP contribution in [0.15, 0.2) is 24.3 Å². The zero-order chi connectivity index (χ0) is 15.3. The normalized spacial score (nSPS) is 14.1. The first-order valence-corrected chi connectivity index (χ1v) is 6.74. The Labute approximate surface area is 118 Å². The van der Waals surface area contributed by atoms with E-state index in [4.69, 9.17) is 0 Å². The zero-order valence-corrected chi connectivity index (χ0v) is 12.1. The van der Waals surface area contributed by atoms with Crippen LogP contribution >= 0.6 is 0 Å². The molecule has 0 radical (unpaired) electrons. The molecule has 1 rings (SSSR count). The molecule has 20 heavy (non-hydrogen) atoms. The molecule has 1 N–H and O–H groups in total. The molecule has 1 aromatic carbocycles. The van der Waals surface area contributed by atoms with Gasteiger partial charge in [0.15, 0.2) is 0 Å². The third-order valence-corrected chi connectivity index (χ3v) is 3.17. The van der Waals surface area contributed by atoms with Gasteiger partial charge >= 0.3 is 6.18 Å². The Hall–Kier alpha value is -1.07. The van der Waals surface area contributed by atoms with Crippen LogP contribution in [0.5, 0.6) is 0 Å². The van der Waals surface area contributed by atoms with Gasteiger partial charge in [0.2, 0.25) is 0 Å². The van der Waals surface area contributed by atoms with Gasteiger partial charge < -0.3 is 10.0 Å². The Morgan fingerprint density at radius 2 is 1.90 bits per heavy atom. The summed E-state index contributed by atoms with van der Waals surface area (Å²) in [5.74, 6) is 0.558. The Bertz CT molecular complexity index is 418. The van der Waals surface area contributed by atoms with E-state index in [9.17, 15) is 18.3 Å². The van der Waals surface area contributed by atoms with Gasteiger partial charge in [0.05, 0.1) is 11.7 Å². The van der Waals surface area contributed by atoms with Crippen LogP contribution in [0.3, 0.4) is 0 Å². The standard InChI is InChI=1S/C15H22F3NO/c1-11(2)7-8-19(3)10-14(20)12-5-4-6-13(9-12)15(16,17)18/h4-6,9,11,14,20H,7-8,10H2,1-3H3. The number of rotatable bonds is 6. The van der Waals surface area contributed by atoms with E-state index in [1.807, 2.05) is 11.9 Å². The van der Waals surface area contributed by atoms with Gasteiger partial charge in [-0.25, -0.2) is 0 Å². The highest BCUT2D eigenvalue weighted by atomic mass is 19.4. The van der Waals surface area contributed by atoms with E-state index in [-0.39, 0.29) is 0 Å². The number of aliphatic hydroxyl groups is 1. The van der Waals surface area contributed by atoms with Crippen LogP contribution in [0.1, 0.15) is 37.5 Å². The monoisotopic (exact) mass is 289 g/mol. The summed E-state index contributed by atoms with van der Waals surface area (Å²) >= 11 is 0. The van der Waals surface area contributed by atoms with Crippen molar-refractivity contribution in [1.82, 2.24) is 4.90 Å². The molecule has 0 aromatic heterocycles. The van der Waals surface area contributed by atoms with Crippen LogP contribution in [0, 0.1) is 5.92 Å². The van der Waals surface area contributed by atoms with Crippen molar-refractivity contribution in [1.29, 1.82) is 0 Å². The highest BCUT2D eigenvalue weighted by Crippen LogP contribution is 2.30. The second-order valence-corrected chi connectivity index (χ2v) is 5.58. The fourth-order valence-corrected chi connectivity index (χ4v) is 1.89. The quantitative estimate of drug-likeness (QED) is 0.863. The summed E-state index contributed by atoms with van der Waals surface area (Å²) in [6.07, 6.45) is -4.29. The summed E-state index contributed by atoms with van der Waals surface area (Å²) in [7, 11) is 1.86. The fourth-order valence-electron chi connectivity index (χ4n) is 1.89. The molecule has 0 saturated carbocycles. The van der Waals surface area contributed by atoms with Crippen LogP contribution < -0.4 is 0 Å². The van der Waals surface area contributed by atoms with Crippen molar-refractivity contribution in [2.75, 3.05) is 20.1 Å². The maximum Gasteiger partial charge on any atom is 0.416 e. The van der Waals surface area contributed by atoms with Crippen molar-refractivity contribution in [2.45, 2.75) is 32.5 Å². The molecule has 0 aliphatic heterocycles. The molecule has 0 aliphatic rings. The molecule has 1 aromatic rings. The number of alkyl halides is 3. The third kappa shape index (κ3) is 5.51. The first-order valence-electron chi connectivity index (χ1n) is 6.74. The number of hydrogen-bond acceptors (Lipinski definition) is 2. The average Bonchev–Trinajstić information content (AvgIpc) is 2.35. The minimum atomic E-state index is -4.38. The number of benzene rings is 1. The number of hydrogen-bond donors (Lipinski definition) is 1. The number of halogens is 3. The van der Waals surface area contributed by atoms with E-state index < -0.39 is 17.8 Å². The SMILES string of the molecule is CC(C)CCN(C)CC(O)c1cccc(C(F)(F)F)c1. The topological polar surface area (TPSA) is 23.5 Å². The van der Waals surface area contributed by atoms with Gasteiger partial charge in [0, 0.05) is 6.54 Å². The van der Waals surface area contributed by atoms with Gasteiger partial charge in [0.25, 0.3) is 0 Å². The summed E-state index contributed by atoms with van der Waals surface area (Å²) < 4.78 is 37.8. The van der Waals surface area contributed by atoms with E-state index in [0.29, 0.717) is 18.0 Å². The molecule has 0 bridgehead atoms. The maximum absolute atomic E-state index is 12.6. The van der Waals surface area contributed by atoms with E-state index in [2.05, 4.69) is 13.8 Å². The second kappa shape index (κ2) is 7.09. The molecule has 0 heterocycles. The van der Waals surface area contributed by atoms with E-state index in [1.54, 1.807) is 0 Å². The summed E-state index contributed by atoms with van der Waals surface area (Å²) in [5.41, 5.74) is -0.421. The molecule has 0 amide bonds. The van der Waals surface area contributed by atoms with Crippen molar-refractivity contribution in [3.63, 3.8) is 0 Å². The lowest BCUT2D eigenvalue weighted by atomic mass is 10.0. The van der Waals surface area contributed by atoms with Gasteiger partial charge in [-0.05, 0) is 43.6 Å². The van der Waals surface area contributed by atoms with Gasteiger partial charge in [-0.2, -0.15) is 13.2 Å². The molecular weight excluding hydrogens is 267 g/mol. The van der Waals surface area contributed by atoms with E-state index >= 15 is 0 Å². The number of aliphatic hydroxyl groups excluding tert-OH is 1. The molecule has 1 unspecified atom stereocenters. The lowest BCUT2D eigenvalue weighted by Crippen LogP contribution is -2.26. The maximum atomic E-state index is 12.6. The van der Waals surface area contributed by atoms with Crippen molar-refractivity contribution >= 4 is 0 Å². The summed E-state index contributed by atoms with van der Waals surface area (Å²) in [6.45, 7) is 5.36. The van der Waals surface area contributed by atoms with Crippen LogP contribution in [0.25, 0.3) is 0 Å². The highest BCUT2D eigenvalue weighted by molar-refractivity contribution is 5.27. The molecule has 114 valence electrons. The smallest absolute Gasteiger partial charge is 0.387 e. The predicted molar refractivity (Wildman–Crippen MR) is 73.4 cm³/mol. The number of nitrogens with zero attached hydrogens (tertiary/aromatic N) is 1. The summed E-state index contributed by atoms with van der Waals surface area (Å²) in [6, 6.07) is 4.88. The minimum Gasteiger partial charge on any atom is -0.387 e. The van der Waals surface area contributed by atoms with Crippen LogP contribution in [-0.4, -0.2) is 30.1 Å². The first-order chi connectivity index (χ1) is 9.20. The largest absolute Gasteiger partial charge is 0.416 e. The van der Waals surface area contributed by atoms with Gasteiger partial charge in [0.1, 0.15) is 0 Å². The average molecular weight is 289 g/mol. The zero-order valence-electron chi connectivity index (χ0n) is 12.1. The molecule has 1 atom stereocenters. The number of likely N-dealkylation sites (N-methyl/N-ethyl adjacent to an activating group) is 1. The lowest BCUT2D eigenvalue weighted by molar-refractivity contribution is -0.137. The Kier molecular flexibility index (Phi) is 6.02. The van der Waals surface area contributed by atoms with Crippen LogP contribution in [0.4, 0.5) is 13.2 Å². The third-order valence-electron chi connectivity index (χ3n) is 3.17. The van der Waals surface area contributed by atoms with Gasteiger partial charge in [-0.1, -0.05) is 26.0 Å². The van der Waals surface area contributed by atoms with Crippen LogP contribution in [-0.2, 0) is 6.18 Å². The Morgan fingerprint density at radius 3 is 2.45 bits per heavy atom.